The highest BCUT2D eigenvalue weighted by Crippen LogP contribution is 2.44. The van der Waals surface area contributed by atoms with E-state index in [1.54, 1.807) is 11.5 Å². The van der Waals surface area contributed by atoms with Crippen LogP contribution in [0.3, 0.4) is 0 Å². The summed E-state index contributed by atoms with van der Waals surface area (Å²) in [7, 11) is 0. The second-order valence-electron chi connectivity index (χ2n) is 13.4. The lowest BCUT2D eigenvalue weighted by atomic mass is 9.83. The van der Waals surface area contributed by atoms with E-state index in [4.69, 9.17) is 21.3 Å². The van der Waals surface area contributed by atoms with Crippen LogP contribution in [0.25, 0.3) is 17.2 Å². The highest BCUT2D eigenvalue weighted by Gasteiger charge is 2.39. The first-order valence-electron chi connectivity index (χ1n) is 17.3. The number of amides is 2. The van der Waals surface area contributed by atoms with Crippen molar-refractivity contribution >= 4 is 40.6 Å². The molecule has 0 radical (unpaired) electrons. The first-order valence-corrected chi connectivity index (χ1v) is 17.7. The van der Waals surface area contributed by atoms with Gasteiger partial charge in [0.2, 0.25) is 11.7 Å². The van der Waals surface area contributed by atoms with Crippen LogP contribution in [-0.4, -0.2) is 77.1 Å². The summed E-state index contributed by atoms with van der Waals surface area (Å²) in [6, 6.07) is 6.49. The van der Waals surface area contributed by atoms with Gasteiger partial charge in [0.1, 0.15) is 18.6 Å². The Kier molecular flexibility index (Phi) is 8.80. The van der Waals surface area contributed by atoms with Gasteiger partial charge in [-0.3, -0.25) is 14.4 Å². The third kappa shape index (κ3) is 6.00. The van der Waals surface area contributed by atoms with E-state index in [0.29, 0.717) is 36.5 Å². The van der Waals surface area contributed by atoms with Gasteiger partial charge in [-0.1, -0.05) is 30.7 Å². The molecule has 1 saturated heterocycles. The summed E-state index contributed by atoms with van der Waals surface area (Å²) in [6.07, 6.45) is -2.55. The van der Waals surface area contributed by atoms with Crippen LogP contribution in [0.4, 0.5) is 24.5 Å². The molecule has 2 aliphatic heterocycles. The molecule has 0 bridgehead atoms. The van der Waals surface area contributed by atoms with Gasteiger partial charge in [-0.15, -0.1) is 5.10 Å². The van der Waals surface area contributed by atoms with E-state index in [-0.39, 0.29) is 96.3 Å². The number of anilines is 2. The maximum absolute atomic E-state index is 14.4. The molecular formula is C36H33ClF3N9O5. The third-order valence-corrected chi connectivity index (χ3v) is 10.5. The summed E-state index contributed by atoms with van der Waals surface area (Å²) in [5, 5.41) is 17.5. The van der Waals surface area contributed by atoms with E-state index in [1.165, 1.54) is 11.2 Å². The number of rotatable bonds is 7. The van der Waals surface area contributed by atoms with Crippen LogP contribution < -0.4 is 15.8 Å². The Hall–Kier alpha value is -5.55. The number of halogens is 4. The molecule has 14 nitrogen and oxygen atoms in total. The zero-order valence-corrected chi connectivity index (χ0v) is 29.9. The number of carbonyl (C=O) groups is 2. The summed E-state index contributed by atoms with van der Waals surface area (Å²) in [5.41, 5.74) is 2.83. The molecule has 2 amide bonds. The number of aromatic hydroxyl groups is 1. The number of aryl methyl sites for hydroxylation is 1. The van der Waals surface area contributed by atoms with Crippen LogP contribution in [0.15, 0.2) is 35.4 Å². The van der Waals surface area contributed by atoms with E-state index in [2.05, 4.69) is 20.4 Å². The van der Waals surface area contributed by atoms with Crippen molar-refractivity contribution in [1.82, 2.24) is 34.0 Å². The molecule has 0 spiro atoms. The SMILES string of the molecule is CCc1c(N2CCN(C(=O)c3ncnc(C)c3O)CC2)c(=O)n2nc(-c3ccc4c(c3)COC4)nc2n1CC(=O)Nc1c(Cl)cc(C(F)(F)F)c2c1CC2. The highest BCUT2D eigenvalue weighted by atomic mass is 35.5. The van der Waals surface area contributed by atoms with Crippen molar-refractivity contribution in [2.24, 2.45) is 0 Å². The summed E-state index contributed by atoms with van der Waals surface area (Å²) >= 11 is 6.34. The van der Waals surface area contributed by atoms with Gasteiger partial charge in [-0.2, -0.15) is 22.7 Å². The fourth-order valence-electron chi connectivity index (χ4n) is 7.36. The molecule has 0 saturated carbocycles. The number of hydrogen-bond acceptors (Lipinski definition) is 10. The number of aromatic nitrogens is 6. The Balaban J connectivity index is 1.16. The molecule has 1 aliphatic carbocycles. The first-order chi connectivity index (χ1) is 25.8. The van der Waals surface area contributed by atoms with E-state index < -0.39 is 29.1 Å². The van der Waals surface area contributed by atoms with Gasteiger partial charge in [-0.05, 0) is 60.6 Å². The Bertz CT molecular complexity index is 2440. The molecule has 1 fully saturated rings. The number of carbonyl (C=O) groups excluding carboxylic acids is 2. The second kappa shape index (κ2) is 13.4. The normalized spacial score (nSPS) is 15.3. The van der Waals surface area contributed by atoms with Crippen molar-refractivity contribution in [3.63, 3.8) is 0 Å². The van der Waals surface area contributed by atoms with Crippen LogP contribution in [0.2, 0.25) is 5.02 Å². The van der Waals surface area contributed by atoms with Crippen molar-refractivity contribution in [2.75, 3.05) is 36.4 Å². The number of nitrogens with zero attached hydrogens (tertiary/aromatic N) is 8. The average molecular weight is 764 g/mol. The van der Waals surface area contributed by atoms with Gasteiger partial charge in [-0.25, -0.2) is 9.97 Å². The Morgan fingerprint density at radius 1 is 1.04 bits per heavy atom. The second-order valence-corrected chi connectivity index (χ2v) is 13.8. The summed E-state index contributed by atoms with van der Waals surface area (Å²) in [6.45, 7) is 4.79. The molecule has 2 N–H and O–H groups in total. The number of piperazine rings is 1. The monoisotopic (exact) mass is 763 g/mol. The van der Waals surface area contributed by atoms with Crippen molar-refractivity contribution < 1.29 is 32.6 Å². The predicted molar refractivity (Wildman–Crippen MR) is 190 cm³/mol. The van der Waals surface area contributed by atoms with Crippen LogP contribution in [-0.2, 0) is 54.7 Å². The number of hydrogen-bond donors (Lipinski definition) is 2. The smallest absolute Gasteiger partial charge is 0.416 e. The quantitative estimate of drug-likeness (QED) is 0.244. The third-order valence-electron chi connectivity index (χ3n) is 10.2. The Morgan fingerprint density at radius 3 is 2.48 bits per heavy atom. The zero-order valence-electron chi connectivity index (χ0n) is 29.1. The summed E-state index contributed by atoms with van der Waals surface area (Å²) < 4.78 is 49.4. The van der Waals surface area contributed by atoms with Gasteiger partial charge in [0.05, 0.1) is 40.9 Å². The lowest BCUT2D eigenvalue weighted by molar-refractivity contribution is -0.138. The van der Waals surface area contributed by atoms with E-state index in [1.807, 2.05) is 30.0 Å². The minimum atomic E-state index is -4.59. The van der Waals surface area contributed by atoms with Gasteiger partial charge < -0.3 is 29.5 Å². The molecule has 3 aromatic heterocycles. The average Bonchev–Trinajstić information content (AvgIpc) is 3.79. The molecule has 3 aliphatic rings. The maximum atomic E-state index is 14.4. The lowest BCUT2D eigenvalue weighted by Crippen LogP contribution is -2.51. The topological polar surface area (TPSA) is 160 Å². The summed E-state index contributed by atoms with van der Waals surface area (Å²) in [5.74, 6) is -1.02. The van der Waals surface area contributed by atoms with E-state index in [0.717, 1.165) is 21.7 Å². The van der Waals surface area contributed by atoms with Gasteiger partial charge in [0, 0.05) is 31.7 Å². The highest BCUT2D eigenvalue weighted by molar-refractivity contribution is 6.34. The number of benzene rings is 2. The predicted octanol–water partition coefficient (Wildman–Crippen LogP) is 4.33. The summed E-state index contributed by atoms with van der Waals surface area (Å²) in [4.78, 5) is 57.5. The fourth-order valence-corrected chi connectivity index (χ4v) is 7.63. The van der Waals surface area contributed by atoms with Gasteiger partial charge >= 0.3 is 6.18 Å². The van der Waals surface area contributed by atoms with Crippen LogP contribution in [0, 0.1) is 6.92 Å². The Labute approximate surface area is 310 Å². The number of alkyl halides is 3. The number of ether oxygens (including phenoxy) is 1. The van der Waals surface area contributed by atoms with E-state index >= 15 is 0 Å². The molecule has 2 aromatic carbocycles. The number of fused-ring (bicyclic) bond motifs is 3. The number of nitrogens with one attached hydrogen (secondary N) is 1. The minimum absolute atomic E-state index is 0.0949. The Morgan fingerprint density at radius 2 is 1.78 bits per heavy atom. The maximum Gasteiger partial charge on any atom is 0.416 e. The molecule has 5 aromatic rings. The fraction of sp³-hybridized carbons (Fsp3) is 0.361. The molecule has 0 atom stereocenters. The largest absolute Gasteiger partial charge is 0.504 e. The van der Waals surface area contributed by atoms with Crippen LogP contribution >= 0.6 is 11.6 Å². The van der Waals surface area contributed by atoms with Crippen LogP contribution in [0.5, 0.6) is 5.75 Å². The van der Waals surface area contributed by atoms with Crippen molar-refractivity contribution in [3.05, 3.63) is 90.9 Å². The first kappa shape index (κ1) is 35.5. The molecule has 8 rings (SSSR count). The zero-order chi connectivity index (χ0) is 38.1. The van der Waals surface area contributed by atoms with Crippen molar-refractivity contribution in [2.45, 2.75) is 59.0 Å². The molecule has 5 heterocycles. The van der Waals surface area contributed by atoms with Gasteiger partial charge in [0.25, 0.3) is 11.5 Å². The van der Waals surface area contributed by atoms with Gasteiger partial charge in [0.15, 0.2) is 17.3 Å². The van der Waals surface area contributed by atoms with Crippen molar-refractivity contribution in [1.29, 1.82) is 0 Å². The van der Waals surface area contributed by atoms with Crippen molar-refractivity contribution in [3.8, 4) is 17.1 Å². The molecule has 280 valence electrons. The standard InChI is InChI=1S/C36H33ClF3N9O5/c1-3-26-30(46-8-10-47(11-9-46)33(52)29-31(51)18(2)41-17-42-29)34(53)49-35(44-32(45-49)19-4-5-20-15-54-16-21(20)12-19)48(26)14-27(50)43-28-23-7-6-22(23)24(13-25(28)37)36(38,39)40/h4-5,12-13,17,51H,3,6-11,14-16H2,1-2H3,(H,43,50). The molecule has 0 unspecified atom stereocenters. The van der Waals surface area contributed by atoms with E-state index in [9.17, 15) is 32.7 Å². The lowest BCUT2D eigenvalue weighted by Gasteiger charge is -2.36. The molecular weight excluding hydrogens is 731 g/mol. The molecule has 18 heteroatoms. The minimum Gasteiger partial charge on any atom is -0.504 e. The molecule has 54 heavy (non-hydrogen) atoms. The van der Waals surface area contributed by atoms with Crippen LogP contribution in [0.1, 0.15) is 56.6 Å².